The second kappa shape index (κ2) is 2.93. The Morgan fingerprint density at radius 1 is 0.750 bits per heavy atom. The van der Waals surface area contributed by atoms with E-state index in [2.05, 4.69) is 0 Å². The molecule has 0 aliphatic carbocycles. The highest BCUT2D eigenvalue weighted by Gasteiger charge is 2.01. The molecule has 0 saturated carbocycles. The SMILES string of the molecule is [B]C(n1cccc1)n1cccc1. The van der Waals surface area contributed by atoms with E-state index in [0.717, 1.165) is 0 Å². The molecule has 2 nitrogen and oxygen atoms in total. The van der Waals surface area contributed by atoms with Gasteiger partial charge in [0.25, 0.3) is 0 Å². The maximum atomic E-state index is 5.93. The van der Waals surface area contributed by atoms with Crippen molar-refractivity contribution in [3.8, 4) is 0 Å². The van der Waals surface area contributed by atoms with Crippen LogP contribution in [-0.4, -0.2) is 17.0 Å². The zero-order chi connectivity index (χ0) is 8.39. The molecule has 0 amide bonds. The van der Waals surface area contributed by atoms with Gasteiger partial charge in [-0.15, -0.1) is 0 Å². The molecule has 2 rings (SSSR count). The lowest BCUT2D eigenvalue weighted by Crippen LogP contribution is -2.14. The molecule has 0 N–H and O–H groups in total. The largest absolute Gasteiger partial charge is 0.342 e. The van der Waals surface area contributed by atoms with Crippen molar-refractivity contribution in [3.63, 3.8) is 0 Å². The summed E-state index contributed by atoms with van der Waals surface area (Å²) in [5.74, 6) is 0. The number of nitrogens with zero attached hydrogens (tertiary/aromatic N) is 2. The van der Waals surface area contributed by atoms with Crippen LogP contribution in [0.25, 0.3) is 0 Å². The van der Waals surface area contributed by atoms with E-state index in [1.165, 1.54) is 0 Å². The van der Waals surface area contributed by atoms with Gasteiger partial charge in [0.2, 0.25) is 0 Å². The highest BCUT2D eigenvalue weighted by Crippen LogP contribution is 2.05. The predicted molar refractivity (Wildman–Crippen MR) is 49.1 cm³/mol. The Labute approximate surface area is 72.8 Å². The van der Waals surface area contributed by atoms with E-state index in [4.69, 9.17) is 7.85 Å². The Bertz CT molecular complexity index is 289. The van der Waals surface area contributed by atoms with Crippen molar-refractivity contribution in [2.75, 3.05) is 0 Å². The van der Waals surface area contributed by atoms with Crippen molar-refractivity contribution in [1.82, 2.24) is 9.13 Å². The minimum Gasteiger partial charge on any atom is -0.342 e. The minimum absolute atomic E-state index is 0.130. The zero-order valence-corrected chi connectivity index (χ0v) is 6.67. The van der Waals surface area contributed by atoms with Gasteiger partial charge in [-0.2, -0.15) is 0 Å². The fourth-order valence-corrected chi connectivity index (χ4v) is 1.20. The van der Waals surface area contributed by atoms with Gasteiger partial charge < -0.3 is 9.13 Å². The Balaban J connectivity index is 2.27. The first-order valence-corrected chi connectivity index (χ1v) is 3.88. The minimum atomic E-state index is -0.130. The van der Waals surface area contributed by atoms with Crippen molar-refractivity contribution in [1.29, 1.82) is 0 Å². The van der Waals surface area contributed by atoms with E-state index >= 15 is 0 Å². The summed E-state index contributed by atoms with van der Waals surface area (Å²) in [6, 6.07) is 7.72. The van der Waals surface area contributed by atoms with E-state index in [0.29, 0.717) is 0 Å². The zero-order valence-electron chi connectivity index (χ0n) is 6.67. The van der Waals surface area contributed by atoms with E-state index < -0.39 is 0 Å². The maximum Gasteiger partial charge on any atom is 0.130 e. The lowest BCUT2D eigenvalue weighted by atomic mass is 10.1. The van der Waals surface area contributed by atoms with Gasteiger partial charge in [0.1, 0.15) is 7.85 Å². The molecule has 0 atom stereocenters. The molecule has 2 aromatic heterocycles. The second-order valence-corrected chi connectivity index (χ2v) is 2.67. The van der Waals surface area contributed by atoms with Crippen LogP contribution >= 0.6 is 0 Å². The third-order valence-corrected chi connectivity index (χ3v) is 1.87. The van der Waals surface area contributed by atoms with E-state index in [1.54, 1.807) is 0 Å². The van der Waals surface area contributed by atoms with E-state index in [1.807, 2.05) is 58.2 Å². The molecule has 0 aliphatic heterocycles. The molecule has 2 aromatic rings. The Kier molecular flexibility index (Phi) is 1.78. The average Bonchev–Trinajstić information content (AvgIpc) is 2.77. The summed E-state index contributed by atoms with van der Waals surface area (Å²) < 4.78 is 3.89. The predicted octanol–water partition coefficient (Wildman–Crippen LogP) is 1.46. The van der Waals surface area contributed by atoms with Gasteiger partial charge in [-0.1, -0.05) is 0 Å². The van der Waals surface area contributed by atoms with Gasteiger partial charge in [-0.3, -0.25) is 0 Å². The monoisotopic (exact) mass is 156 g/mol. The molecule has 0 bridgehead atoms. The fourth-order valence-electron chi connectivity index (χ4n) is 1.20. The van der Waals surface area contributed by atoms with Gasteiger partial charge in [0, 0.05) is 24.8 Å². The molecule has 0 saturated heterocycles. The first-order valence-electron chi connectivity index (χ1n) is 3.88. The third kappa shape index (κ3) is 1.18. The van der Waals surface area contributed by atoms with Crippen LogP contribution in [0.4, 0.5) is 0 Å². The lowest BCUT2D eigenvalue weighted by Gasteiger charge is -2.15. The molecule has 0 fully saturated rings. The molecule has 2 radical (unpaired) electrons. The van der Waals surface area contributed by atoms with Crippen molar-refractivity contribution in [3.05, 3.63) is 49.1 Å². The van der Waals surface area contributed by atoms with Crippen LogP contribution < -0.4 is 0 Å². The maximum absolute atomic E-state index is 5.93. The lowest BCUT2D eigenvalue weighted by molar-refractivity contribution is 0.581. The number of aromatic nitrogens is 2. The Morgan fingerprint density at radius 3 is 1.42 bits per heavy atom. The van der Waals surface area contributed by atoms with Gasteiger partial charge in [0.05, 0.1) is 6.07 Å². The van der Waals surface area contributed by atoms with Gasteiger partial charge in [-0.05, 0) is 24.3 Å². The van der Waals surface area contributed by atoms with E-state index in [9.17, 15) is 0 Å². The Hall–Kier alpha value is -1.38. The highest BCUT2D eigenvalue weighted by atomic mass is 15.2. The summed E-state index contributed by atoms with van der Waals surface area (Å²) in [5.41, 5.74) is 0. The van der Waals surface area contributed by atoms with Crippen LogP contribution in [-0.2, 0) is 0 Å². The smallest absolute Gasteiger partial charge is 0.130 e. The van der Waals surface area contributed by atoms with Crippen LogP contribution in [0.3, 0.4) is 0 Å². The first kappa shape index (κ1) is 7.28. The molecule has 3 heteroatoms. The quantitative estimate of drug-likeness (QED) is 0.582. The molecule has 0 spiro atoms. The molecule has 2 heterocycles. The van der Waals surface area contributed by atoms with Crippen LogP contribution in [0.1, 0.15) is 6.07 Å². The number of hydrogen-bond donors (Lipinski definition) is 0. The van der Waals surface area contributed by atoms with Crippen LogP contribution in [0.5, 0.6) is 0 Å². The molecule has 0 aliphatic rings. The summed E-state index contributed by atoms with van der Waals surface area (Å²) in [7, 11) is 5.93. The molecular weight excluding hydrogens is 147 g/mol. The topological polar surface area (TPSA) is 9.86 Å². The van der Waals surface area contributed by atoms with Crippen molar-refractivity contribution >= 4 is 7.85 Å². The summed E-state index contributed by atoms with van der Waals surface area (Å²) in [5, 5.41) is 0. The van der Waals surface area contributed by atoms with Crippen LogP contribution in [0, 0.1) is 0 Å². The summed E-state index contributed by atoms with van der Waals surface area (Å²) in [4.78, 5) is 0. The normalized spacial score (nSPS) is 10.8. The number of hydrogen-bond acceptors (Lipinski definition) is 0. The molecule has 12 heavy (non-hydrogen) atoms. The first-order chi connectivity index (χ1) is 5.88. The Morgan fingerprint density at radius 2 is 1.08 bits per heavy atom. The van der Waals surface area contributed by atoms with Crippen LogP contribution in [0.15, 0.2) is 49.1 Å². The molecule has 58 valence electrons. The van der Waals surface area contributed by atoms with Crippen molar-refractivity contribution < 1.29 is 0 Å². The summed E-state index contributed by atoms with van der Waals surface area (Å²) in [6.07, 6.45) is 7.80. The van der Waals surface area contributed by atoms with Crippen molar-refractivity contribution in [2.24, 2.45) is 0 Å². The highest BCUT2D eigenvalue weighted by molar-refractivity contribution is 6.10. The summed E-state index contributed by atoms with van der Waals surface area (Å²) >= 11 is 0. The number of rotatable bonds is 2. The molecule has 0 aromatic carbocycles. The molecule has 0 unspecified atom stereocenters. The fraction of sp³-hybridized carbons (Fsp3) is 0.111. The van der Waals surface area contributed by atoms with Gasteiger partial charge in [0.15, 0.2) is 0 Å². The van der Waals surface area contributed by atoms with Gasteiger partial charge >= 0.3 is 0 Å². The van der Waals surface area contributed by atoms with Crippen LogP contribution in [0.2, 0.25) is 0 Å². The van der Waals surface area contributed by atoms with Gasteiger partial charge in [-0.25, -0.2) is 0 Å². The third-order valence-electron chi connectivity index (χ3n) is 1.87. The van der Waals surface area contributed by atoms with Crippen molar-refractivity contribution in [2.45, 2.75) is 6.07 Å². The standard InChI is InChI=1S/C9H9BN2/c10-9(11-5-1-2-6-11)12-7-3-4-8-12/h1-9H. The average molecular weight is 156 g/mol. The summed E-state index contributed by atoms with van der Waals surface area (Å²) in [6.45, 7) is 0. The molecular formula is C9H9BN2. The second-order valence-electron chi connectivity index (χ2n) is 2.67. The van der Waals surface area contributed by atoms with E-state index in [-0.39, 0.29) is 6.07 Å².